The van der Waals surface area contributed by atoms with E-state index in [0.29, 0.717) is 49.7 Å². The Balaban J connectivity index is 0.00000645. The number of aliphatic hydroxyl groups is 2. The Morgan fingerprint density at radius 1 is 1.12 bits per heavy atom. The van der Waals surface area contributed by atoms with Crippen molar-refractivity contribution in [1.29, 1.82) is 0 Å². The van der Waals surface area contributed by atoms with E-state index in [1.807, 2.05) is 27.7 Å². The number of rotatable bonds is 13. The maximum absolute atomic E-state index is 13.9. The molecule has 2 fully saturated rings. The molecule has 43 heavy (non-hydrogen) atoms. The molecule has 0 bridgehead atoms. The van der Waals surface area contributed by atoms with Gasteiger partial charge in [-0.2, -0.15) is 0 Å². The van der Waals surface area contributed by atoms with E-state index in [1.165, 1.54) is 0 Å². The monoisotopic (exact) mass is 654 g/mol. The van der Waals surface area contributed by atoms with Gasteiger partial charge in [0.25, 0.3) is 0 Å². The molecule has 0 amide bonds. The Bertz CT molecular complexity index is 1110. The molecule has 10 atom stereocenters. The van der Waals surface area contributed by atoms with Crippen LogP contribution in [0.4, 0.5) is 0 Å². The number of hydrogen-bond acceptors (Lipinski definition) is 7. The van der Waals surface area contributed by atoms with Gasteiger partial charge in [0, 0.05) is 31.3 Å². The van der Waals surface area contributed by atoms with Crippen LogP contribution in [0, 0.1) is 30.6 Å². The molecule has 1 aromatic rings. The number of carbonyl (C=O) groups is 2. The van der Waals surface area contributed by atoms with E-state index < -0.39 is 29.2 Å². The molecule has 9 heteroatoms. The molecule has 2 aliphatic heterocycles. The predicted molar refractivity (Wildman–Crippen MR) is 162 cm³/mol. The van der Waals surface area contributed by atoms with E-state index in [4.69, 9.17) is 9.47 Å². The summed E-state index contributed by atoms with van der Waals surface area (Å²) in [5.41, 5.74) is -0.437. The second-order valence-corrected chi connectivity index (χ2v) is 13.2. The number of aryl methyl sites for hydroxylation is 2. The summed E-state index contributed by atoms with van der Waals surface area (Å²) in [5, 5.41) is 42.1. The summed E-state index contributed by atoms with van der Waals surface area (Å²) >= 11 is 0. The Hall–Kier alpha value is -1.38. The number of aromatic hydroxyl groups is 1. The number of hydrogen-bond donors (Lipinski definition) is 4. The third-order valence-corrected chi connectivity index (χ3v) is 10.7. The van der Waals surface area contributed by atoms with Gasteiger partial charge in [-0.25, -0.2) is 4.79 Å². The van der Waals surface area contributed by atoms with Crippen molar-refractivity contribution in [1.82, 2.24) is 0 Å². The number of aromatic carboxylic acids is 1. The molecule has 2 heterocycles. The van der Waals surface area contributed by atoms with Crippen molar-refractivity contribution in [3.05, 3.63) is 28.8 Å². The molecular formula is C34H54O8Zn. The minimum atomic E-state index is -1.18. The summed E-state index contributed by atoms with van der Waals surface area (Å²) in [5.74, 6) is -2.55. The summed E-state index contributed by atoms with van der Waals surface area (Å²) < 4.78 is 13.2. The van der Waals surface area contributed by atoms with Crippen LogP contribution >= 0.6 is 0 Å². The number of carboxylic acids is 1. The molecule has 0 aliphatic carbocycles. The van der Waals surface area contributed by atoms with E-state index in [9.17, 15) is 30.0 Å². The van der Waals surface area contributed by atoms with Gasteiger partial charge < -0.3 is 29.9 Å². The molecule has 2 saturated heterocycles. The average Bonchev–Trinajstić information content (AvgIpc) is 3.31. The number of aliphatic hydroxyl groups excluding tert-OH is 1. The smallest absolute Gasteiger partial charge is 0.339 e. The van der Waals surface area contributed by atoms with E-state index >= 15 is 0 Å². The van der Waals surface area contributed by atoms with Crippen LogP contribution < -0.4 is 0 Å². The molecule has 240 valence electrons. The number of carboxylic acid groups (broad SMARTS) is 1. The fourth-order valence-corrected chi connectivity index (χ4v) is 7.45. The van der Waals surface area contributed by atoms with E-state index in [-0.39, 0.29) is 72.6 Å². The maximum Gasteiger partial charge on any atom is 0.339 e. The Morgan fingerprint density at radius 2 is 1.77 bits per heavy atom. The minimum Gasteiger partial charge on any atom is -0.507 e. The number of Topliss-reactive ketones (excluding diaryl/α,β-unsaturated/α-hetero) is 1. The van der Waals surface area contributed by atoms with Crippen molar-refractivity contribution < 1.29 is 59.0 Å². The maximum atomic E-state index is 13.9. The van der Waals surface area contributed by atoms with E-state index in [1.54, 1.807) is 26.0 Å². The molecule has 0 radical (unpaired) electrons. The van der Waals surface area contributed by atoms with E-state index in [2.05, 4.69) is 13.8 Å². The van der Waals surface area contributed by atoms with Crippen LogP contribution in [0.1, 0.15) is 115 Å². The van der Waals surface area contributed by atoms with Gasteiger partial charge in [0.2, 0.25) is 0 Å². The summed E-state index contributed by atoms with van der Waals surface area (Å²) in [6.45, 7) is 15.4. The first-order chi connectivity index (χ1) is 19.7. The van der Waals surface area contributed by atoms with Gasteiger partial charge in [0.05, 0.1) is 35.6 Å². The third kappa shape index (κ3) is 7.72. The first-order valence-electron chi connectivity index (χ1n) is 16.0. The van der Waals surface area contributed by atoms with Crippen molar-refractivity contribution in [2.45, 2.75) is 142 Å². The first-order valence-corrected chi connectivity index (χ1v) is 16.0. The Morgan fingerprint density at radius 3 is 2.30 bits per heavy atom. The molecule has 8 nitrogen and oxygen atoms in total. The molecule has 1 aromatic carbocycles. The van der Waals surface area contributed by atoms with Crippen LogP contribution in [-0.2, 0) is 40.2 Å². The number of ketones is 1. The zero-order chi connectivity index (χ0) is 31.6. The van der Waals surface area contributed by atoms with Crippen LogP contribution in [0.15, 0.2) is 12.1 Å². The minimum absolute atomic E-state index is 0. The summed E-state index contributed by atoms with van der Waals surface area (Å²) in [7, 11) is 0. The zero-order valence-electron chi connectivity index (χ0n) is 27.6. The largest absolute Gasteiger partial charge is 0.507 e. The second-order valence-electron chi connectivity index (χ2n) is 13.2. The third-order valence-electron chi connectivity index (χ3n) is 10.7. The van der Waals surface area contributed by atoms with Crippen molar-refractivity contribution in [2.75, 3.05) is 0 Å². The van der Waals surface area contributed by atoms with Crippen molar-refractivity contribution in [3.63, 3.8) is 0 Å². The standard InChI is InChI=1S/C34H54O8.Zn/c1-9-25(31-21(6)18-34(11-3,42-31)26-16-17-33(40,10-2)23(8)41-26)30(37)22(7)28(35)19(4)12-14-24-15-13-20(5)29(36)27(24)32(38)39;/h13,15,19,21-23,25-26,28,31,35-36,40H,9-12,14,16-18H2,1-8H3,(H,38,39);/t19-,21+,22+,23+,25+,26-,28+,31+,33-,34+;/m1./s1. The van der Waals surface area contributed by atoms with Gasteiger partial charge in [0.15, 0.2) is 0 Å². The van der Waals surface area contributed by atoms with Gasteiger partial charge in [0.1, 0.15) is 17.1 Å². The molecule has 3 rings (SSSR count). The van der Waals surface area contributed by atoms with Crippen LogP contribution in [0.5, 0.6) is 5.75 Å². The van der Waals surface area contributed by atoms with Crippen LogP contribution in [0.2, 0.25) is 0 Å². The average molecular weight is 656 g/mol. The van der Waals surface area contributed by atoms with Crippen LogP contribution in [0.25, 0.3) is 0 Å². The number of ether oxygens (including phenoxy) is 2. The normalized spacial score (nSPS) is 32.0. The van der Waals surface area contributed by atoms with Crippen molar-refractivity contribution >= 4 is 11.8 Å². The quantitative estimate of drug-likeness (QED) is 0.195. The number of phenols is 1. The fraction of sp³-hybridized carbons (Fsp3) is 0.765. The molecule has 2 aliphatic rings. The van der Waals surface area contributed by atoms with E-state index in [0.717, 1.165) is 12.8 Å². The molecule has 4 N–H and O–H groups in total. The van der Waals surface area contributed by atoms with Gasteiger partial charge in [-0.05, 0) is 88.2 Å². The predicted octanol–water partition coefficient (Wildman–Crippen LogP) is 5.84. The van der Waals surface area contributed by atoms with Gasteiger partial charge >= 0.3 is 5.97 Å². The fourth-order valence-electron chi connectivity index (χ4n) is 7.45. The molecular weight excluding hydrogens is 602 g/mol. The molecule has 0 spiro atoms. The summed E-state index contributed by atoms with van der Waals surface area (Å²) in [4.78, 5) is 25.7. The zero-order valence-corrected chi connectivity index (χ0v) is 30.5. The van der Waals surface area contributed by atoms with Crippen LogP contribution in [-0.4, -0.2) is 67.8 Å². The molecule has 0 unspecified atom stereocenters. The summed E-state index contributed by atoms with van der Waals surface area (Å²) in [6, 6.07) is 3.40. The number of benzene rings is 1. The summed E-state index contributed by atoms with van der Waals surface area (Å²) in [6.07, 6.45) is 3.34. The first kappa shape index (κ1) is 37.8. The number of carbonyl (C=O) groups excluding carboxylic acids is 1. The molecule has 0 aromatic heterocycles. The van der Waals surface area contributed by atoms with Crippen molar-refractivity contribution in [2.24, 2.45) is 23.7 Å². The van der Waals surface area contributed by atoms with Gasteiger partial charge in [-0.1, -0.05) is 53.7 Å². The van der Waals surface area contributed by atoms with Gasteiger partial charge in [-0.3, -0.25) is 4.79 Å². The van der Waals surface area contributed by atoms with Crippen LogP contribution in [0.3, 0.4) is 0 Å². The molecule has 0 saturated carbocycles. The SMILES string of the molecule is CC[C@@H](C(=O)[C@@H](C)[C@@H](O)[C@H](C)CCc1ccc(C)c(O)c1C(=O)O)[C@H]1O[C@](CC)([C@H]2CC[C@](O)(CC)[C@H](C)O2)C[C@@H]1C.[Zn]. The van der Waals surface area contributed by atoms with Gasteiger partial charge in [-0.15, -0.1) is 0 Å². The Kier molecular flexibility index (Phi) is 13.4. The van der Waals surface area contributed by atoms with Crippen molar-refractivity contribution in [3.8, 4) is 5.75 Å². The topological polar surface area (TPSA) is 134 Å². The second kappa shape index (κ2) is 15.3. The Labute approximate surface area is 270 Å².